The standard InChI is InChI=1S/C39H49NO14/c1-17-11-10-12-18(2)38(49)40-24-15-26(51-16-27(42)43)28-29(34(24)47)33(46)22(6)36-30(28)37(48)39(8,54-36)52-14-13-25(50-9)19(3)35(53-23(7)41)21(5)32(45)20(4)31(17)44/h10-15,17,19-21,25,31-32,35,44-47H,16H2,1-9H3,(H,40,49)(H,42,43)/b11-10+,14-13+,18-12+/t17-,19+,20+,21+,25-,31?,32+,35+,39-/m0/s1. The highest BCUT2D eigenvalue weighted by Gasteiger charge is 2.49. The Balaban J connectivity index is 1.93. The number of aliphatic carboxylic acids is 1. The van der Waals surface area contributed by atoms with Gasteiger partial charge >= 0.3 is 17.7 Å². The van der Waals surface area contributed by atoms with E-state index in [1.165, 1.54) is 53.2 Å². The number of ketones is 1. The number of carboxylic acid groups (broad SMARTS) is 1. The summed E-state index contributed by atoms with van der Waals surface area (Å²) in [6, 6.07) is 1.13. The summed E-state index contributed by atoms with van der Waals surface area (Å²) in [5.41, 5.74) is -0.251. The third kappa shape index (κ3) is 8.17. The predicted molar refractivity (Wildman–Crippen MR) is 195 cm³/mol. The number of anilines is 1. The summed E-state index contributed by atoms with van der Waals surface area (Å²) >= 11 is 0. The normalized spacial score (nSPS) is 31.5. The molecule has 0 fully saturated rings. The average Bonchev–Trinajstić information content (AvgIpc) is 3.38. The monoisotopic (exact) mass is 755 g/mol. The number of hydrogen-bond acceptors (Lipinski definition) is 13. The third-order valence-corrected chi connectivity index (χ3v) is 10.2. The fraction of sp³-hybridized carbons (Fsp3) is 0.487. The summed E-state index contributed by atoms with van der Waals surface area (Å²) in [4.78, 5) is 51.3. The first-order valence-electron chi connectivity index (χ1n) is 17.5. The van der Waals surface area contributed by atoms with Gasteiger partial charge in [0.2, 0.25) is 0 Å². The Kier molecular flexibility index (Phi) is 12.7. The Morgan fingerprint density at radius 1 is 0.963 bits per heavy atom. The van der Waals surface area contributed by atoms with Crippen LogP contribution in [0.3, 0.4) is 0 Å². The number of nitrogens with one attached hydrogen (secondary N) is 1. The lowest BCUT2D eigenvalue weighted by Gasteiger charge is -2.38. The van der Waals surface area contributed by atoms with E-state index in [0.29, 0.717) is 0 Å². The van der Waals surface area contributed by atoms with E-state index >= 15 is 0 Å². The number of hydrogen-bond donors (Lipinski definition) is 6. The van der Waals surface area contributed by atoms with Gasteiger partial charge in [-0.25, -0.2) is 4.79 Å². The summed E-state index contributed by atoms with van der Waals surface area (Å²) < 4.78 is 28.9. The zero-order valence-corrected chi connectivity index (χ0v) is 31.7. The van der Waals surface area contributed by atoms with Gasteiger partial charge < -0.3 is 54.5 Å². The Bertz CT molecular complexity index is 1900. The number of allylic oxidation sites excluding steroid dienone is 2. The summed E-state index contributed by atoms with van der Waals surface area (Å²) in [6.45, 7) is 11.4. The average molecular weight is 756 g/mol. The van der Waals surface area contributed by atoms with Crippen molar-refractivity contribution in [3.05, 3.63) is 53.3 Å². The molecule has 0 radical (unpaired) electrons. The van der Waals surface area contributed by atoms with Crippen molar-refractivity contribution >= 4 is 40.1 Å². The molecule has 0 saturated carbocycles. The minimum absolute atomic E-state index is 0.0301. The highest BCUT2D eigenvalue weighted by Crippen LogP contribution is 2.54. The first-order chi connectivity index (χ1) is 25.2. The van der Waals surface area contributed by atoms with Gasteiger partial charge in [-0.05, 0) is 19.9 Å². The van der Waals surface area contributed by atoms with Gasteiger partial charge in [0.15, 0.2) is 12.4 Å². The quantitative estimate of drug-likeness (QED) is 0.182. The van der Waals surface area contributed by atoms with E-state index in [1.807, 2.05) is 0 Å². The van der Waals surface area contributed by atoms with Crippen LogP contribution >= 0.6 is 0 Å². The van der Waals surface area contributed by atoms with Crippen molar-refractivity contribution in [2.24, 2.45) is 23.7 Å². The molecular formula is C39H49NO14. The van der Waals surface area contributed by atoms with Gasteiger partial charge in [0, 0.05) is 67.2 Å². The summed E-state index contributed by atoms with van der Waals surface area (Å²) in [7, 11) is 1.41. The second-order valence-electron chi connectivity index (χ2n) is 14.1. The van der Waals surface area contributed by atoms with Crippen LogP contribution in [0.25, 0.3) is 10.8 Å². The number of Topliss-reactive ketones (excluding diaryl/α,β-unsaturated/α-hetero) is 1. The van der Waals surface area contributed by atoms with E-state index in [9.17, 15) is 44.7 Å². The molecule has 3 aliphatic heterocycles. The number of phenolic OH excluding ortho intramolecular Hbond substituents is 2. The number of rotatable bonds is 5. The first kappa shape index (κ1) is 41.6. The van der Waals surface area contributed by atoms with E-state index in [2.05, 4.69) is 5.32 Å². The molecule has 54 heavy (non-hydrogen) atoms. The molecule has 1 unspecified atom stereocenters. The molecule has 0 aromatic heterocycles. The van der Waals surface area contributed by atoms with Crippen molar-refractivity contribution < 1.29 is 68.4 Å². The minimum Gasteiger partial charge on any atom is -0.507 e. The zero-order chi connectivity index (χ0) is 40.4. The Hall–Kier alpha value is -5.12. The molecule has 6 N–H and O–H groups in total. The molecule has 294 valence electrons. The molecule has 9 atom stereocenters. The summed E-state index contributed by atoms with van der Waals surface area (Å²) in [5, 5.41) is 57.0. The number of carboxylic acids is 1. The number of esters is 1. The lowest BCUT2D eigenvalue weighted by Crippen LogP contribution is -2.46. The molecule has 1 amide bonds. The number of aliphatic hydroxyl groups is 2. The van der Waals surface area contributed by atoms with Crippen LogP contribution in [0.2, 0.25) is 0 Å². The van der Waals surface area contributed by atoms with Crippen molar-refractivity contribution in [2.45, 2.75) is 85.6 Å². The van der Waals surface area contributed by atoms with Crippen molar-refractivity contribution in [3.8, 4) is 23.0 Å². The lowest BCUT2D eigenvalue weighted by atomic mass is 9.78. The number of benzene rings is 2. The van der Waals surface area contributed by atoms with Crippen LogP contribution < -0.4 is 14.8 Å². The zero-order valence-electron chi connectivity index (χ0n) is 31.7. The number of aliphatic hydroxyl groups excluding tert-OH is 2. The van der Waals surface area contributed by atoms with Crippen LogP contribution in [-0.4, -0.2) is 93.1 Å². The van der Waals surface area contributed by atoms with Gasteiger partial charge in [0.05, 0.1) is 41.2 Å². The number of ether oxygens (including phenoxy) is 5. The molecule has 3 heterocycles. The van der Waals surface area contributed by atoms with Crippen LogP contribution in [-0.2, 0) is 28.6 Å². The molecule has 15 nitrogen and oxygen atoms in total. The van der Waals surface area contributed by atoms with E-state index in [4.69, 9.17) is 23.7 Å². The molecule has 3 aliphatic rings. The van der Waals surface area contributed by atoms with Gasteiger partial charge in [0.1, 0.15) is 23.4 Å². The molecule has 0 aliphatic carbocycles. The summed E-state index contributed by atoms with van der Waals surface area (Å²) in [6.07, 6.45) is 3.37. The van der Waals surface area contributed by atoms with Gasteiger partial charge in [-0.15, -0.1) is 0 Å². The van der Waals surface area contributed by atoms with Crippen molar-refractivity contribution in [1.29, 1.82) is 0 Å². The van der Waals surface area contributed by atoms with E-state index in [0.717, 1.165) is 6.07 Å². The van der Waals surface area contributed by atoms with Crippen LogP contribution in [0.5, 0.6) is 23.0 Å². The van der Waals surface area contributed by atoms with Crippen molar-refractivity contribution in [3.63, 3.8) is 0 Å². The fourth-order valence-electron chi connectivity index (χ4n) is 6.89. The highest BCUT2D eigenvalue weighted by molar-refractivity contribution is 6.21. The number of aromatic hydroxyl groups is 2. The molecule has 2 aromatic carbocycles. The second-order valence-corrected chi connectivity index (χ2v) is 14.1. The lowest BCUT2D eigenvalue weighted by molar-refractivity contribution is -0.160. The molecule has 15 heteroatoms. The summed E-state index contributed by atoms with van der Waals surface area (Å²) in [5.74, 6) is -9.54. The fourth-order valence-corrected chi connectivity index (χ4v) is 6.89. The Morgan fingerprint density at radius 3 is 2.24 bits per heavy atom. The number of carbonyl (C=O) groups is 4. The van der Waals surface area contributed by atoms with Crippen LogP contribution in [0.4, 0.5) is 5.69 Å². The van der Waals surface area contributed by atoms with Gasteiger partial charge in [-0.2, -0.15) is 0 Å². The number of methoxy groups -OCH3 is 1. The maximum atomic E-state index is 14.2. The Morgan fingerprint density at radius 2 is 1.63 bits per heavy atom. The Labute approximate surface area is 312 Å². The van der Waals surface area contributed by atoms with E-state index < -0.39 is 95.6 Å². The van der Waals surface area contributed by atoms with Gasteiger partial charge in [0.25, 0.3) is 11.7 Å². The van der Waals surface area contributed by atoms with Gasteiger partial charge in [-0.1, -0.05) is 45.9 Å². The van der Waals surface area contributed by atoms with Gasteiger partial charge in [-0.3, -0.25) is 14.4 Å². The first-order valence-corrected chi connectivity index (χ1v) is 17.5. The third-order valence-electron chi connectivity index (χ3n) is 10.2. The largest absolute Gasteiger partial charge is 0.507 e. The SMILES string of the molecule is CO[C@H]1/C=C/O[C@@]2(C)Oc3c(C)c(O)c4c(O)c(cc(OCC(=O)O)c4c3C2=O)NC(=O)/C(C)=C/C=C/[C@H](C)C(O)[C@@H](C)[C@@H](O)[C@@H](C)[C@H](OC(C)=O)[C@@H]1C. The minimum atomic E-state index is -2.05. The molecule has 5 bridgehead atoms. The molecule has 5 rings (SSSR count). The maximum Gasteiger partial charge on any atom is 0.341 e. The van der Waals surface area contributed by atoms with Crippen LogP contribution in [0.15, 0.2) is 42.2 Å². The number of carbonyl (C=O) groups excluding carboxylic acids is 3. The van der Waals surface area contributed by atoms with E-state index in [-0.39, 0.29) is 44.7 Å². The smallest absolute Gasteiger partial charge is 0.341 e. The van der Waals surface area contributed by atoms with Crippen LogP contribution in [0, 0.1) is 30.6 Å². The number of phenols is 2. The van der Waals surface area contributed by atoms with E-state index in [1.54, 1.807) is 39.8 Å². The maximum absolute atomic E-state index is 14.2. The highest BCUT2D eigenvalue weighted by atomic mass is 16.7. The molecule has 0 saturated heterocycles. The second kappa shape index (κ2) is 16.5. The molecule has 2 aromatic rings. The van der Waals surface area contributed by atoms with Crippen molar-refractivity contribution in [2.75, 3.05) is 19.0 Å². The number of fused-ring (bicyclic) bond motifs is 14. The topological polar surface area (TPSA) is 228 Å². The van der Waals surface area contributed by atoms with Crippen LogP contribution in [0.1, 0.15) is 64.4 Å². The molecular weight excluding hydrogens is 706 g/mol. The van der Waals surface area contributed by atoms with Crippen molar-refractivity contribution in [1.82, 2.24) is 0 Å². The number of amides is 1. The predicted octanol–water partition coefficient (Wildman–Crippen LogP) is 4.51. The molecule has 0 spiro atoms.